The molecule has 1 aliphatic rings. The van der Waals surface area contributed by atoms with Crippen LogP contribution in [0.25, 0.3) is 27.7 Å². The zero-order valence-electron chi connectivity index (χ0n) is 22.2. The Hall–Kier alpha value is -2.97. The number of nitrogens with zero attached hydrogens (tertiary/aromatic N) is 2. The summed E-state index contributed by atoms with van der Waals surface area (Å²) in [6, 6.07) is 9.71. The van der Waals surface area contributed by atoms with E-state index in [-0.39, 0.29) is 17.7 Å². The molecule has 1 aliphatic heterocycles. The topological polar surface area (TPSA) is 91.7 Å². The van der Waals surface area contributed by atoms with Crippen molar-refractivity contribution >= 4 is 32.3 Å². The first-order valence-electron chi connectivity index (χ1n) is 13.0. The molecule has 8 heteroatoms. The molecule has 0 unspecified atom stereocenters. The summed E-state index contributed by atoms with van der Waals surface area (Å²) >= 11 is 0. The Morgan fingerprint density at radius 2 is 1.73 bits per heavy atom. The molecule has 0 radical (unpaired) electrons. The van der Waals surface area contributed by atoms with Crippen LogP contribution >= 0.6 is 0 Å². The molecule has 1 aromatic carbocycles. The lowest BCUT2D eigenvalue weighted by Crippen LogP contribution is -2.46. The van der Waals surface area contributed by atoms with Crippen LogP contribution in [0.2, 0.25) is 0 Å². The maximum atomic E-state index is 13.0. The molecule has 4 rings (SSSR count). The molecule has 0 aliphatic carbocycles. The molecule has 0 atom stereocenters. The van der Waals surface area contributed by atoms with E-state index < -0.39 is 15.7 Å². The average Bonchev–Trinajstić information content (AvgIpc) is 2.82. The monoisotopic (exact) mass is 525 g/mol. The van der Waals surface area contributed by atoms with Gasteiger partial charge in [0, 0.05) is 53.4 Å². The Morgan fingerprint density at radius 3 is 2.41 bits per heavy atom. The molecule has 37 heavy (non-hydrogen) atoms. The fraction of sp³-hybridized carbons (Fsp3) is 0.448. The molecular weight excluding hydrogens is 488 g/mol. The van der Waals surface area contributed by atoms with Crippen LogP contribution in [0.4, 0.5) is 5.69 Å². The van der Waals surface area contributed by atoms with Gasteiger partial charge in [0.2, 0.25) is 0 Å². The summed E-state index contributed by atoms with van der Waals surface area (Å²) in [7, 11) is -4.04. The van der Waals surface area contributed by atoms with Gasteiger partial charge in [0.1, 0.15) is 12.1 Å². The van der Waals surface area contributed by atoms with Crippen LogP contribution in [0.3, 0.4) is 0 Å². The number of hydrogen-bond acceptors (Lipinski definition) is 5. The lowest BCUT2D eigenvalue weighted by atomic mass is 9.88. The Kier molecular flexibility index (Phi) is 7.90. The number of pyridine rings is 1. The third kappa shape index (κ3) is 6.30. The molecule has 0 spiro atoms. The van der Waals surface area contributed by atoms with Gasteiger partial charge in [-0.05, 0) is 51.3 Å². The third-order valence-corrected chi connectivity index (χ3v) is 7.89. The molecule has 0 saturated heterocycles. The number of aryl methyl sites for hydroxylation is 1. The van der Waals surface area contributed by atoms with Crippen molar-refractivity contribution in [2.24, 2.45) is 0 Å². The fourth-order valence-electron chi connectivity index (χ4n) is 5.21. The summed E-state index contributed by atoms with van der Waals surface area (Å²) in [5, 5.41) is 0.829. The SMILES string of the molecule is CCCCCC[n+]1ccc(-c2cc3cc4c(cc3oc2=O)N(CCCS(=O)(=O)O)C(C)(C)C=C4C)cc1. The second-order valence-corrected chi connectivity index (χ2v) is 12.1. The van der Waals surface area contributed by atoms with Crippen molar-refractivity contribution in [1.82, 2.24) is 0 Å². The van der Waals surface area contributed by atoms with E-state index in [0.717, 1.165) is 40.7 Å². The van der Waals surface area contributed by atoms with Gasteiger partial charge in [-0.25, -0.2) is 9.36 Å². The maximum Gasteiger partial charge on any atom is 0.344 e. The molecule has 3 aromatic rings. The van der Waals surface area contributed by atoms with Crippen LogP contribution in [-0.4, -0.2) is 30.8 Å². The van der Waals surface area contributed by atoms with E-state index in [9.17, 15) is 17.8 Å². The summed E-state index contributed by atoms with van der Waals surface area (Å²) in [6.07, 6.45) is 11.3. The Balaban J connectivity index is 1.66. The van der Waals surface area contributed by atoms with Crippen LogP contribution in [0.15, 0.2) is 58.0 Å². The van der Waals surface area contributed by atoms with Crippen molar-refractivity contribution < 1.29 is 22.0 Å². The number of benzene rings is 1. The normalized spacial score (nSPS) is 15.1. The molecule has 0 fully saturated rings. The van der Waals surface area contributed by atoms with Crippen molar-refractivity contribution in [1.29, 1.82) is 0 Å². The van der Waals surface area contributed by atoms with Gasteiger partial charge in [-0.2, -0.15) is 8.42 Å². The van der Waals surface area contributed by atoms with Gasteiger partial charge in [0.25, 0.3) is 10.1 Å². The second kappa shape index (κ2) is 10.8. The van der Waals surface area contributed by atoms with Crippen LogP contribution in [0.5, 0.6) is 0 Å². The number of anilines is 1. The molecule has 7 nitrogen and oxygen atoms in total. The highest BCUT2D eigenvalue weighted by Crippen LogP contribution is 2.41. The van der Waals surface area contributed by atoms with Crippen LogP contribution in [-0.2, 0) is 16.7 Å². The van der Waals surface area contributed by atoms with Gasteiger partial charge < -0.3 is 9.32 Å². The minimum absolute atomic E-state index is 0.280. The summed E-state index contributed by atoms with van der Waals surface area (Å²) in [5.41, 5.74) is 4.05. The van der Waals surface area contributed by atoms with E-state index >= 15 is 0 Å². The Labute approximate surface area is 219 Å². The predicted molar refractivity (Wildman–Crippen MR) is 148 cm³/mol. The van der Waals surface area contributed by atoms with Crippen molar-refractivity contribution in [3.8, 4) is 11.1 Å². The van der Waals surface area contributed by atoms with Crippen LogP contribution < -0.4 is 15.1 Å². The molecule has 2 aromatic heterocycles. The lowest BCUT2D eigenvalue weighted by molar-refractivity contribution is -0.697. The minimum atomic E-state index is -4.04. The Morgan fingerprint density at radius 1 is 1.03 bits per heavy atom. The van der Waals surface area contributed by atoms with E-state index in [1.807, 2.05) is 42.7 Å². The smallest absolute Gasteiger partial charge is 0.344 e. The number of hydrogen-bond donors (Lipinski definition) is 1. The largest absolute Gasteiger partial charge is 0.422 e. The van der Waals surface area contributed by atoms with Gasteiger partial charge in [0.15, 0.2) is 12.4 Å². The highest BCUT2D eigenvalue weighted by molar-refractivity contribution is 7.85. The van der Waals surface area contributed by atoms with Gasteiger partial charge in [0.05, 0.1) is 16.9 Å². The number of rotatable bonds is 10. The predicted octanol–water partition coefficient (Wildman–Crippen LogP) is 5.61. The van der Waals surface area contributed by atoms with E-state index in [1.54, 1.807) is 0 Å². The van der Waals surface area contributed by atoms with Gasteiger partial charge in [-0.1, -0.05) is 25.8 Å². The first-order chi connectivity index (χ1) is 17.5. The van der Waals surface area contributed by atoms with Crippen molar-refractivity contribution in [3.05, 3.63) is 64.8 Å². The van der Waals surface area contributed by atoms with Crippen LogP contribution in [0.1, 0.15) is 65.4 Å². The molecular formula is C29H37N2O5S+. The number of aromatic nitrogens is 1. The summed E-state index contributed by atoms with van der Waals surface area (Å²) in [6.45, 7) is 9.76. The van der Waals surface area contributed by atoms with Gasteiger partial charge in [-0.15, -0.1) is 0 Å². The quantitative estimate of drug-likeness (QED) is 0.160. The van der Waals surface area contributed by atoms with Gasteiger partial charge >= 0.3 is 5.63 Å². The maximum absolute atomic E-state index is 13.0. The first kappa shape index (κ1) is 27.1. The highest BCUT2D eigenvalue weighted by atomic mass is 32.2. The van der Waals surface area contributed by atoms with E-state index in [0.29, 0.717) is 17.7 Å². The molecule has 0 saturated carbocycles. The van der Waals surface area contributed by atoms with Crippen molar-refractivity contribution in [2.45, 2.75) is 71.9 Å². The fourth-order valence-corrected chi connectivity index (χ4v) is 5.71. The summed E-state index contributed by atoms with van der Waals surface area (Å²) in [5.74, 6) is -0.306. The molecule has 0 amide bonds. The molecule has 198 valence electrons. The van der Waals surface area contributed by atoms with E-state index in [4.69, 9.17) is 4.42 Å². The van der Waals surface area contributed by atoms with Crippen molar-refractivity contribution in [3.63, 3.8) is 0 Å². The highest BCUT2D eigenvalue weighted by Gasteiger charge is 2.32. The van der Waals surface area contributed by atoms with E-state index in [1.165, 1.54) is 19.3 Å². The number of allylic oxidation sites excluding steroid dienone is 1. The molecule has 3 heterocycles. The average molecular weight is 526 g/mol. The lowest BCUT2D eigenvalue weighted by Gasteiger charge is -2.43. The molecule has 1 N–H and O–H groups in total. The number of fused-ring (bicyclic) bond motifs is 2. The van der Waals surface area contributed by atoms with E-state index in [2.05, 4.69) is 43.2 Å². The molecule has 0 bridgehead atoms. The second-order valence-electron chi connectivity index (χ2n) is 10.5. The van der Waals surface area contributed by atoms with Crippen LogP contribution in [0, 0.1) is 0 Å². The zero-order valence-corrected chi connectivity index (χ0v) is 23.0. The van der Waals surface area contributed by atoms with Gasteiger partial charge in [-0.3, -0.25) is 4.55 Å². The van der Waals surface area contributed by atoms with Crippen molar-refractivity contribution in [2.75, 3.05) is 17.2 Å². The Bertz CT molecular complexity index is 1470. The third-order valence-electron chi connectivity index (χ3n) is 7.09. The standard InChI is InChI=1S/C29H36N2O5S/c1-5-6-7-8-12-30-14-10-22(11-15-30)25-18-23-17-24-21(2)20-29(3,4)31(13-9-16-37(33,34)35)26(24)19-27(23)36-28(25)32/h10-11,14-15,17-20H,5-9,12-13,16H2,1-4H3/p+1. The summed E-state index contributed by atoms with van der Waals surface area (Å²) < 4.78 is 39.6. The first-order valence-corrected chi connectivity index (χ1v) is 14.6. The zero-order chi connectivity index (χ0) is 26.8. The summed E-state index contributed by atoms with van der Waals surface area (Å²) in [4.78, 5) is 15.1. The minimum Gasteiger partial charge on any atom is -0.422 e. The number of unbranched alkanes of at least 4 members (excludes halogenated alkanes) is 3.